The van der Waals surface area contributed by atoms with Crippen LogP contribution in [0.25, 0.3) is 10.6 Å². The fourth-order valence-corrected chi connectivity index (χ4v) is 3.32. The number of nitrogens with zero attached hydrogens (tertiary/aromatic N) is 1. The van der Waals surface area contributed by atoms with Crippen LogP contribution in [-0.2, 0) is 17.9 Å². The van der Waals surface area contributed by atoms with Crippen molar-refractivity contribution in [3.63, 3.8) is 0 Å². The van der Waals surface area contributed by atoms with Crippen LogP contribution < -0.4 is 5.32 Å². The maximum absolute atomic E-state index is 14.1. The van der Waals surface area contributed by atoms with Crippen molar-refractivity contribution < 1.29 is 9.13 Å². The molecule has 6 heteroatoms. The van der Waals surface area contributed by atoms with Crippen LogP contribution in [0.2, 0.25) is 0 Å². The van der Waals surface area contributed by atoms with Crippen LogP contribution in [0.1, 0.15) is 23.9 Å². The number of aromatic nitrogens is 1. The smallest absolute Gasteiger partial charge is 0.134 e. The highest BCUT2D eigenvalue weighted by Gasteiger charge is 2.15. The minimum atomic E-state index is -0.268. The Morgan fingerprint density at radius 1 is 1.43 bits per heavy atom. The molecule has 3 nitrogen and oxygen atoms in total. The van der Waals surface area contributed by atoms with Gasteiger partial charge in [-0.25, -0.2) is 9.37 Å². The Labute approximate surface area is 136 Å². The maximum atomic E-state index is 14.1. The number of hydrogen-bond donors (Lipinski definition) is 1. The van der Waals surface area contributed by atoms with Gasteiger partial charge in [0.05, 0.1) is 12.3 Å². The molecule has 1 heterocycles. The van der Waals surface area contributed by atoms with Gasteiger partial charge in [-0.05, 0) is 31.2 Å². The molecule has 0 radical (unpaired) electrons. The first-order valence-corrected chi connectivity index (χ1v) is 8.40. The fourth-order valence-electron chi connectivity index (χ4n) is 1.93. The Morgan fingerprint density at radius 2 is 2.24 bits per heavy atom. The number of thiazole rings is 1. The molecule has 114 valence electrons. The molecule has 0 spiro atoms. The molecule has 1 aromatic carbocycles. The summed E-state index contributed by atoms with van der Waals surface area (Å²) < 4.78 is 20.0. The van der Waals surface area contributed by atoms with E-state index in [1.807, 2.05) is 6.07 Å². The summed E-state index contributed by atoms with van der Waals surface area (Å²) in [5.74, 6) is -0.268. The van der Waals surface area contributed by atoms with Crippen LogP contribution in [0.5, 0.6) is 0 Å². The zero-order valence-corrected chi connectivity index (χ0v) is 14.5. The van der Waals surface area contributed by atoms with Crippen LogP contribution in [0, 0.1) is 5.82 Å². The number of nitrogens with one attached hydrogen (secondary N) is 1. The normalized spacial score (nSPS) is 11.0. The standard InChI is InChI=1S/C15H18BrFN2OS/c1-3-6-18-8-14-13(9-20-2)19-15(21-14)11-5-4-10(16)7-12(11)17/h4-5,7,18H,3,6,8-9H2,1-2H3. The van der Waals surface area contributed by atoms with E-state index in [9.17, 15) is 4.39 Å². The Bertz CT molecular complexity index is 603. The summed E-state index contributed by atoms with van der Waals surface area (Å²) in [6.45, 7) is 4.25. The van der Waals surface area contributed by atoms with Crippen LogP contribution in [-0.4, -0.2) is 18.6 Å². The molecule has 0 unspecified atom stereocenters. The summed E-state index contributed by atoms with van der Waals surface area (Å²) in [5.41, 5.74) is 1.41. The van der Waals surface area contributed by atoms with Crippen molar-refractivity contribution in [1.82, 2.24) is 10.3 Å². The highest BCUT2D eigenvalue weighted by molar-refractivity contribution is 9.10. The first-order chi connectivity index (χ1) is 10.2. The average molecular weight is 373 g/mol. The summed E-state index contributed by atoms with van der Waals surface area (Å²) in [6, 6.07) is 5.03. The van der Waals surface area contributed by atoms with Crippen LogP contribution in [0.15, 0.2) is 22.7 Å². The molecule has 0 bridgehead atoms. The lowest BCUT2D eigenvalue weighted by atomic mass is 10.2. The molecule has 1 aromatic heterocycles. The Morgan fingerprint density at radius 3 is 2.90 bits per heavy atom. The van der Waals surface area contributed by atoms with E-state index in [-0.39, 0.29) is 5.82 Å². The van der Waals surface area contributed by atoms with Gasteiger partial charge in [0, 0.05) is 28.6 Å². The molecule has 0 saturated carbocycles. The van der Waals surface area contributed by atoms with E-state index in [0.717, 1.165) is 34.6 Å². The van der Waals surface area contributed by atoms with Crippen molar-refractivity contribution in [2.75, 3.05) is 13.7 Å². The average Bonchev–Trinajstić information content (AvgIpc) is 2.82. The van der Waals surface area contributed by atoms with Crippen molar-refractivity contribution in [2.24, 2.45) is 0 Å². The Hall–Kier alpha value is -0.820. The van der Waals surface area contributed by atoms with Crippen LogP contribution in [0.3, 0.4) is 0 Å². The number of benzene rings is 1. The van der Waals surface area contributed by atoms with E-state index in [1.54, 1.807) is 13.2 Å². The topological polar surface area (TPSA) is 34.2 Å². The Balaban J connectivity index is 2.29. The van der Waals surface area contributed by atoms with E-state index < -0.39 is 0 Å². The third kappa shape index (κ3) is 4.32. The van der Waals surface area contributed by atoms with Crippen LogP contribution >= 0.6 is 27.3 Å². The van der Waals surface area contributed by atoms with Gasteiger partial charge >= 0.3 is 0 Å². The summed E-state index contributed by atoms with van der Waals surface area (Å²) in [4.78, 5) is 5.64. The molecule has 0 aliphatic carbocycles. The van der Waals surface area contributed by atoms with Gasteiger partial charge in [0.15, 0.2) is 0 Å². The predicted molar refractivity (Wildman–Crippen MR) is 87.9 cm³/mol. The minimum absolute atomic E-state index is 0.268. The molecule has 0 amide bonds. The molecular formula is C15H18BrFN2OS. The Kier molecular flexibility index (Phi) is 6.29. The molecule has 0 fully saturated rings. The van der Waals surface area contributed by atoms with Gasteiger partial charge in [-0.15, -0.1) is 11.3 Å². The van der Waals surface area contributed by atoms with E-state index in [4.69, 9.17) is 4.74 Å². The highest BCUT2D eigenvalue weighted by Crippen LogP contribution is 2.31. The second-order valence-electron chi connectivity index (χ2n) is 4.62. The van der Waals surface area contributed by atoms with E-state index in [0.29, 0.717) is 17.2 Å². The van der Waals surface area contributed by atoms with Crippen molar-refractivity contribution >= 4 is 27.3 Å². The molecule has 21 heavy (non-hydrogen) atoms. The van der Waals surface area contributed by atoms with Gasteiger partial charge in [0.1, 0.15) is 10.8 Å². The van der Waals surface area contributed by atoms with Gasteiger partial charge in [0.25, 0.3) is 0 Å². The third-order valence-corrected chi connectivity index (χ3v) is 4.56. The molecule has 0 atom stereocenters. The molecule has 2 aromatic rings. The number of rotatable bonds is 7. The summed E-state index contributed by atoms with van der Waals surface area (Å²) >= 11 is 4.78. The largest absolute Gasteiger partial charge is 0.378 e. The fraction of sp³-hybridized carbons (Fsp3) is 0.400. The quantitative estimate of drug-likeness (QED) is 0.733. The number of methoxy groups -OCH3 is 1. The van der Waals surface area contributed by atoms with Crippen molar-refractivity contribution in [1.29, 1.82) is 0 Å². The molecule has 0 saturated heterocycles. The highest BCUT2D eigenvalue weighted by atomic mass is 79.9. The number of ether oxygens (including phenoxy) is 1. The first kappa shape index (κ1) is 16.5. The molecular weight excluding hydrogens is 355 g/mol. The second kappa shape index (κ2) is 7.98. The van der Waals surface area contributed by atoms with E-state index in [2.05, 4.69) is 33.2 Å². The van der Waals surface area contributed by atoms with Gasteiger partial charge in [-0.3, -0.25) is 0 Å². The SMILES string of the molecule is CCCNCc1sc(-c2ccc(Br)cc2F)nc1COC. The molecule has 0 aliphatic heterocycles. The molecule has 2 rings (SSSR count). The first-order valence-electron chi connectivity index (χ1n) is 6.79. The lowest BCUT2D eigenvalue weighted by Crippen LogP contribution is -2.14. The molecule has 1 N–H and O–H groups in total. The van der Waals surface area contributed by atoms with Crippen molar-refractivity contribution in [3.05, 3.63) is 39.1 Å². The second-order valence-corrected chi connectivity index (χ2v) is 6.62. The monoisotopic (exact) mass is 372 g/mol. The lowest BCUT2D eigenvalue weighted by Gasteiger charge is -2.02. The van der Waals surface area contributed by atoms with Crippen molar-refractivity contribution in [2.45, 2.75) is 26.5 Å². The third-order valence-electron chi connectivity index (χ3n) is 2.93. The van der Waals surface area contributed by atoms with E-state index >= 15 is 0 Å². The maximum Gasteiger partial charge on any atom is 0.134 e. The van der Waals surface area contributed by atoms with Gasteiger partial charge in [-0.2, -0.15) is 0 Å². The summed E-state index contributed by atoms with van der Waals surface area (Å²) in [5, 5.41) is 4.05. The van der Waals surface area contributed by atoms with Gasteiger partial charge in [0.2, 0.25) is 0 Å². The van der Waals surface area contributed by atoms with Crippen molar-refractivity contribution in [3.8, 4) is 10.6 Å². The number of hydrogen-bond acceptors (Lipinski definition) is 4. The van der Waals surface area contributed by atoms with Gasteiger partial charge in [-0.1, -0.05) is 22.9 Å². The van der Waals surface area contributed by atoms with Gasteiger partial charge < -0.3 is 10.1 Å². The number of halogens is 2. The summed E-state index contributed by atoms with van der Waals surface area (Å²) in [6.07, 6.45) is 1.08. The van der Waals surface area contributed by atoms with E-state index in [1.165, 1.54) is 17.4 Å². The van der Waals surface area contributed by atoms with Crippen LogP contribution in [0.4, 0.5) is 4.39 Å². The lowest BCUT2D eigenvalue weighted by molar-refractivity contribution is 0.181. The zero-order valence-electron chi connectivity index (χ0n) is 12.1. The minimum Gasteiger partial charge on any atom is -0.378 e. The predicted octanol–water partition coefficient (Wildman–Crippen LogP) is 4.36. The molecule has 0 aliphatic rings. The summed E-state index contributed by atoms with van der Waals surface area (Å²) in [7, 11) is 1.64. The zero-order chi connectivity index (χ0) is 15.2.